The second-order valence-electron chi connectivity index (χ2n) is 4.56. The van der Waals surface area contributed by atoms with Crippen LogP contribution in [0.15, 0.2) is 48.5 Å². The number of hydrogen-bond donors (Lipinski definition) is 0. The first-order chi connectivity index (χ1) is 8.58. The predicted molar refractivity (Wildman–Crippen MR) is 75.1 cm³/mol. The minimum absolute atomic E-state index is 0.345. The minimum atomic E-state index is -0.382. The standard InChI is InChI=1S/C16H15ClO/c1-11-3-7-13(8-4-11)15(16(17)18)14-9-5-12(2)6-10-14/h3-10,15H,1-2H3. The Morgan fingerprint density at radius 2 is 1.17 bits per heavy atom. The Bertz CT molecular complexity index is 495. The molecule has 0 saturated carbocycles. The molecule has 0 saturated heterocycles. The average molecular weight is 259 g/mol. The zero-order valence-corrected chi connectivity index (χ0v) is 11.2. The van der Waals surface area contributed by atoms with Gasteiger partial charge in [0.25, 0.3) is 0 Å². The molecule has 0 aromatic heterocycles. The van der Waals surface area contributed by atoms with Crippen LogP contribution in [0, 0.1) is 13.8 Å². The lowest BCUT2D eigenvalue weighted by molar-refractivity contribution is -0.112. The lowest BCUT2D eigenvalue weighted by atomic mass is 9.91. The first kappa shape index (κ1) is 12.8. The molecule has 0 N–H and O–H groups in total. The van der Waals surface area contributed by atoms with Crippen LogP contribution in [-0.2, 0) is 4.79 Å². The van der Waals surface area contributed by atoms with Gasteiger partial charge in [0.15, 0.2) is 0 Å². The fraction of sp³-hybridized carbons (Fsp3) is 0.188. The SMILES string of the molecule is Cc1ccc(C(C(=O)Cl)c2ccc(C)cc2)cc1. The molecule has 0 heterocycles. The summed E-state index contributed by atoms with van der Waals surface area (Å²) in [6.45, 7) is 4.04. The van der Waals surface area contributed by atoms with Gasteiger partial charge in [-0.2, -0.15) is 0 Å². The van der Waals surface area contributed by atoms with E-state index in [0.717, 1.165) is 11.1 Å². The van der Waals surface area contributed by atoms with Crippen LogP contribution in [0.1, 0.15) is 28.2 Å². The van der Waals surface area contributed by atoms with E-state index in [2.05, 4.69) is 0 Å². The molecule has 0 aliphatic heterocycles. The number of aryl methyl sites for hydroxylation is 2. The molecule has 92 valence electrons. The van der Waals surface area contributed by atoms with Crippen molar-refractivity contribution in [2.75, 3.05) is 0 Å². The van der Waals surface area contributed by atoms with Crippen molar-refractivity contribution in [2.45, 2.75) is 19.8 Å². The molecule has 0 atom stereocenters. The Labute approximate surface area is 112 Å². The van der Waals surface area contributed by atoms with Gasteiger partial charge in [0.2, 0.25) is 5.24 Å². The van der Waals surface area contributed by atoms with Crippen LogP contribution in [0.25, 0.3) is 0 Å². The minimum Gasteiger partial charge on any atom is -0.280 e. The van der Waals surface area contributed by atoms with Crippen LogP contribution in [0.2, 0.25) is 0 Å². The van der Waals surface area contributed by atoms with E-state index in [-0.39, 0.29) is 11.2 Å². The van der Waals surface area contributed by atoms with Crippen molar-refractivity contribution < 1.29 is 4.79 Å². The second kappa shape index (κ2) is 5.36. The Hall–Kier alpha value is -1.60. The summed E-state index contributed by atoms with van der Waals surface area (Å²) in [7, 11) is 0. The van der Waals surface area contributed by atoms with Gasteiger partial charge in [-0.05, 0) is 36.6 Å². The molecule has 0 aliphatic carbocycles. The number of carbonyl (C=O) groups is 1. The summed E-state index contributed by atoms with van der Waals surface area (Å²) in [6.07, 6.45) is 0. The van der Waals surface area contributed by atoms with Crippen molar-refractivity contribution in [1.82, 2.24) is 0 Å². The van der Waals surface area contributed by atoms with E-state index in [1.54, 1.807) is 0 Å². The number of benzene rings is 2. The maximum atomic E-state index is 11.7. The van der Waals surface area contributed by atoms with Gasteiger partial charge < -0.3 is 0 Å². The first-order valence-corrected chi connectivity index (χ1v) is 6.28. The molecule has 18 heavy (non-hydrogen) atoms. The fourth-order valence-corrected chi connectivity index (χ4v) is 2.22. The Morgan fingerprint density at radius 3 is 1.44 bits per heavy atom. The normalized spacial score (nSPS) is 10.7. The summed E-state index contributed by atoms with van der Waals surface area (Å²) in [4.78, 5) is 11.7. The molecule has 2 rings (SSSR count). The van der Waals surface area contributed by atoms with E-state index in [0.29, 0.717) is 0 Å². The maximum absolute atomic E-state index is 11.7. The van der Waals surface area contributed by atoms with Crippen molar-refractivity contribution >= 4 is 16.8 Å². The Morgan fingerprint density at radius 1 is 0.833 bits per heavy atom. The molecule has 1 nitrogen and oxygen atoms in total. The predicted octanol–water partition coefficient (Wildman–Crippen LogP) is 4.20. The molecule has 0 aliphatic rings. The third kappa shape index (κ3) is 2.80. The average Bonchev–Trinajstić information content (AvgIpc) is 2.34. The van der Waals surface area contributed by atoms with Crippen LogP contribution in [0.3, 0.4) is 0 Å². The van der Waals surface area contributed by atoms with E-state index in [1.807, 2.05) is 62.4 Å². The van der Waals surface area contributed by atoms with Crippen LogP contribution in [0.4, 0.5) is 0 Å². The van der Waals surface area contributed by atoms with Crippen molar-refractivity contribution in [3.63, 3.8) is 0 Å². The van der Waals surface area contributed by atoms with E-state index in [4.69, 9.17) is 11.6 Å². The summed E-state index contributed by atoms with van der Waals surface area (Å²) in [6, 6.07) is 15.8. The monoisotopic (exact) mass is 258 g/mol. The van der Waals surface area contributed by atoms with E-state index >= 15 is 0 Å². The van der Waals surface area contributed by atoms with Gasteiger partial charge in [-0.15, -0.1) is 0 Å². The van der Waals surface area contributed by atoms with Gasteiger partial charge in [-0.3, -0.25) is 4.79 Å². The van der Waals surface area contributed by atoms with Crippen LogP contribution >= 0.6 is 11.6 Å². The quantitative estimate of drug-likeness (QED) is 0.754. The zero-order chi connectivity index (χ0) is 13.1. The van der Waals surface area contributed by atoms with E-state index in [1.165, 1.54) is 11.1 Å². The third-order valence-corrected chi connectivity index (χ3v) is 3.27. The second-order valence-corrected chi connectivity index (χ2v) is 4.93. The summed E-state index contributed by atoms with van der Waals surface area (Å²) in [5, 5.41) is -0.345. The molecule has 2 aromatic rings. The van der Waals surface area contributed by atoms with Crippen LogP contribution in [-0.4, -0.2) is 5.24 Å². The summed E-state index contributed by atoms with van der Waals surface area (Å²) < 4.78 is 0. The Kier molecular flexibility index (Phi) is 3.83. The number of carbonyl (C=O) groups excluding carboxylic acids is 1. The van der Waals surface area contributed by atoms with Gasteiger partial charge in [-0.1, -0.05) is 59.7 Å². The van der Waals surface area contributed by atoms with Crippen molar-refractivity contribution in [3.05, 3.63) is 70.8 Å². The zero-order valence-electron chi connectivity index (χ0n) is 10.5. The highest BCUT2D eigenvalue weighted by Gasteiger charge is 2.20. The largest absolute Gasteiger partial charge is 0.280 e. The van der Waals surface area contributed by atoms with Gasteiger partial charge in [0, 0.05) is 0 Å². The van der Waals surface area contributed by atoms with Crippen molar-refractivity contribution in [1.29, 1.82) is 0 Å². The van der Waals surface area contributed by atoms with Crippen LogP contribution < -0.4 is 0 Å². The maximum Gasteiger partial charge on any atom is 0.233 e. The summed E-state index contributed by atoms with van der Waals surface area (Å²) >= 11 is 5.75. The molecule has 2 heteroatoms. The Balaban J connectivity index is 2.43. The topological polar surface area (TPSA) is 17.1 Å². The first-order valence-electron chi connectivity index (χ1n) is 5.90. The molecule has 0 bridgehead atoms. The molecule has 0 spiro atoms. The van der Waals surface area contributed by atoms with Gasteiger partial charge in [0.1, 0.15) is 0 Å². The number of rotatable bonds is 3. The lowest BCUT2D eigenvalue weighted by Crippen LogP contribution is -2.08. The van der Waals surface area contributed by atoms with E-state index < -0.39 is 0 Å². The highest BCUT2D eigenvalue weighted by atomic mass is 35.5. The molecular formula is C16H15ClO. The van der Waals surface area contributed by atoms with Gasteiger partial charge >= 0.3 is 0 Å². The van der Waals surface area contributed by atoms with Gasteiger partial charge in [0.05, 0.1) is 5.92 Å². The highest BCUT2D eigenvalue weighted by molar-refractivity contribution is 6.65. The summed E-state index contributed by atoms with van der Waals surface area (Å²) in [5.74, 6) is -0.382. The van der Waals surface area contributed by atoms with Gasteiger partial charge in [-0.25, -0.2) is 0 Å². The van der Waals surface area contributed by atoms with Crippen molar-refractivity contribution in [2.24, 2.45) is 0 Å². The summed E-state index contributed by atoms with van der Waals surface area (Å²) in [5.41, 5.74) is 4.21. The molecule has 0 radical (unpaired) electrons. The smallest absolute Gasteiger partial charge is 0.233 e. The molecule has 0 amide bonds. The molecule has 0 unspecified atom stereocenters. The van der Waals surface area contributed by atoms with E-state index in [9.17, 15) is 4.79 Å². The number of halogens is 1. The third-order valence-electron chi connectivity index (χ3n) is 3.05. The van der Waals surface area contributed by atoms with Crippen molar-refractivity contribution in [3.8, 4) is 0 Å². The molecule has 0 fully saturated rings. The lowest BCUT2D eigenvalue weighted by Gasteiger charge is -2.14. The molecular weight excluding hydrogens is 244 g/mol. The highest BCUT2D eigenvalue weighted by Crippen LogP contribution is 2.27. The van der Waals surface area contributed by atoms with Crippen LogP contribution in [0.5, 0.6) is 0 Å². The molecule has 2 aromatic carbocycles. The fourth-order valence-electron chi connectivity index (χ4n) is 1.97. The number of hydrogen-bond acceptors (Lipinski definition) is 1.